The van der Waals surface area contributed by atoms with Gasteiger partial charge in [-0.05, 0) is 53.9 Å². The molecule has 2 atom stereocenters. The van der Waals surface area contributed by atoms with E-state index in [0.29, 0.717) is 6.04 Å². The third-order valence-electron chi connectivity index (χ3n) is 4.07. The molecule has 2 aliphatic rings. The van der Waals surface area contributed by atoms with Crippen molar-refractivity contribution in [1.82, 2.24) is 9.47 Å². The third kappa shape index (κ3) is 1.49. The second-order valence-corrected chi connectivity index (χ2v) is 5.84. The van der Waals surface area contributed by atoms with Crippen LogP contribution in [-0.2, 0) is 7.05 Å². The lowest BCUT2D eigenvalue weighted by Gasteiger charge is -2.30. The number of likely N-dealkylation sites (N-methyl/N-ethyl adjacent to an activating group) is 1. The van der Waals surface area contributed by atoms with Gasteiger partial charge in [-0.25, -0.2) is 0 Å². The second-order valence-electron chi connectivity index (χ2n) is 4.98. The number of aromatic nitrogens is 1. The maximum Gasteiger partial charge on any atom is 0.0578 e. The Kier molecular flexibility index (Phi) is 2.48. The summed E-state index contributed by atoms with van der Waals surface area (Å²) in [5.41, 5.74) is 2.88. The minimum atomic E-state index is 0.663. The maximum atomic E-state index is 3.65. The predicted molar refractivity (Wildman–Crippen MR) is 70.3 cm³/mol. The van der Waals surface area contributed by atoms with E-state index in [4.69, 9.17) is 0 Å². The number of nitrogens with zero attached hydrogens (tertiary/aromatic N) is 2. The van der Waals surface area contributed by atoms with Gasteiger partial charge in [0.15, 0.2) is 0 Å². The molecule has 0 aliphatic carbocycles. The Hall–Kier alpha value is -0.540. The minimum absolute atomic E-state index is 0.663. The fourth-order valence-electron chi connectivity index (χ4n) is 3.10. The Morgan fingerprint density at radius 2 is 2.12 bits per heavy atom. The summed E-state index contributed by atoms with van der Waals surface area (Å²) in [6.07, 6.45) is 8.46. The molecule has 1 fully saturated rings. The standard InChI is InChI=1S/C13H17BrN2/c1-15-6-5-12(14)13(15)9-7-10-3-4-11(8-9)16(10)2/h5-7,10-11H,3-4,8H2,1-2H3. The van der Waals surface area contributed by atoms with E-state index in [-0.39, 0.29) is 0 Å². The minimum Gasteiger partial charge on any atom is -0.350 e. The summed E-state index contributed by atoms with van der Waals surface area (Å²) < 4.78 is 3.45. The van der Waals surface area contributed by atoms with Crippen LogP contribution in [0.5, 0.6) is 0 Å². The number of halogens is 1. The van der Waals surface area contributed by atoms with Crippen LogP contribution in [0.15, 0.2) is 22.8 Å². The summed E-state index contributed by atoms with van der Waals surface area (Å²) in [4.78, 5) is 2.53. The molecule has 2 aliphatic heterocycles. The molecule has 2 bridgehead atoms. The van der Waals surface area contributed by atoms with E-state index in [0.717, 1.165) is 6.04 Å². The molecule has 1 aromatic heterocycles. The van der Waals surface area contributed by atoms with Gasteiger partial charge in [-0.1, -0.05) is 6.08 Å². The zero-order valence-electron chi connectivity index (χ0n) is 9.78. The Labute approximate surface area is 105 Å². The van der Waals surface area contributed by atoms with E-state index in [9.17, 15) is 0 Å². The number of fused-ring (bicyclic) bond motifs is 2. The van der Waals surface area contributed by atoms with Crippen LogP contribution in [-0.4, -0.2) is 28.6 Å². The van der Waals surface area contributed by atoms with Crippen molar-refractivity contribution in [2.24, 2.45) is 7.05 Å². The van der Waals surface area contributed by atoms with Gasteiger partial charge in [-0.3, -0.25) is 4.90 Å². The SMILES string of the molecule is CN1C2C=C(c3c(Br)ccn3C)CC1CC2. The van der Waals surface area contributed by atoms with Crippen molar-refractivity contribution in [2.45, 2.75) is 31.3 Å². The summed E-state index contributed by atoms with van der Waals surface area (Å²) in [5, 5.41) is 0. The average molecular weight is 281 g/mol. The van der Waals surface area contributed by atoms with Crippen LogP contribution in [0.4, 0.5) is 0 Å². The second kappa shape index (κ2) is 3.74. The lowest BCUT2D eigenvalue weighted by atomic mass is 9.99. The number of aryl methyl sites for hydroxylation is 1. The molecular weight excluding hydrogens is 264 g/mol. The lowest BCUT2D eigenvalue weighted by Crippen LogP contribution is -2.34. The molecule has 2 unspecified atom stereocenters. The maximum absolute atomic E-state index is 3.65. The zero-order chi connectivity index (χ0) is 11.3. The number of hydrogen-bond acceptors (Lipinski definition) is 1. The number of hydrogen-bond donors (Lipinski definition) is 0. The molecule has 0 aromatic carbocycles. The number of rotatable bonds is 1. The predicted octanol–water partition coefficient (Wildman–Crippen LogP) is 3.04. The Morgan fingerprint density at radius 3 is 2.75 bits per heavy atom. The largest absolute Gasteiger partial charge is 0.350 e. The molecule has 3 heteroatoms. The fraction of sp³-hybridized carbons (Fsp3) is 0.538. The lowest BCUT2D eigenvalue weighted by molar-refractivity contribution is 0.264. The van der Waals surface area contributed by atoms with Gasteiger partial charge in [0.25, 0.3) is 0 Å². The van der Waals surface area contributed by atoms with Crippen LogP contribution in [0, 0.1) is 0 Å². The van der Waals surface area contributed by atoms with Gasteiger partial charge in [0, 0.05) is 29.8 Å². The Balaban J connectivity index is 2.01. The molecule has 0 N–H and O–H groups in total. The molecule has 0 amide bonds. The molecule has 3 rings (SSSR count). The molecule has 1 aromatic rings. The molecule has 3 heterocycles. The first-order chi connectivity index (χ1) is 7.66. The highest BCUT2D eigenvalue weighted by Gasteiger charge is 2.34. The van der Waals surface area contributed by atoms with E-state index in [1.54, 1.807) is 0 Å². The van der Waals surface area contributed by atoms with Crippen molar-refractivity contribution in [1.29, 1.82) is 0 Å². The Morgan fingerprint density at radius 1 is 1.31 bits per heavy atom. The van der Waals surface area contributed by atoms with Crippen molar-refractivity contribution in [3.05, 3.63) is 28.5 Å². The van der Waals surface area contributed by atoms with E-state index < -0.39 is 0 Å². The summed E-state index contributed by atoms with van der Waals surface area (Å²) in [5.74, 6) is 0. The first-order valence-corrected chi connectivity index (χ1v) is 6.70. The molecule has 0 spiro atoms. The van der Waals surface area contributed by atoms with Crippen LogP contribution < -0.4 is 0 Å². The van der Waals surface area contributed by atoms with E-state index in [1.807, 2.05) is 0 Å². The Bertz CT molecular complexity index is 427. The third-order valence-corrected chi connectivity index (χ3v) is 4.71. The summed E-state index contributed by atoms with van der Waals surface area (Å²) in [6, 6.07) is 3.55. The van der Waals surface area contributed by atoms with E-state index in [2.05, 4.69) is 57.8 Å². The van der Waals surface area contributed by atoms with Gasteiger partial charge in [-0.15, -0.1) is 0 Å². The van der Waals surface area contributed by atoms with E-state index in [1.165, 1.54) is 35.0 Å². The normalized spacial score (nSPS) is 29.6. The van der Waals surface area contributed by atoms with Gasteiger partial charge in [0.2, 0.25) is 0 Å². The average Bonchev–Trinajstić information content (AvgIpc) is 2.67. The molecule has 0 saturated carbocycles. The van der Waals surface area contributed by atoms with E-state index >= 15 is 0 Å². The van der Waals surface area contributed by atoms with Gasteiger partial charge >= 0.3 is 0 Å². The van der Waals surface area contributed by atoms with Gasteiger partial charge in [-0.2, -0.15) is 0 Å². The topological polar surface area (TPSA) is 8.17 Å². The molecule has 1 saturated heterocycles. The van der Waals surface area contributed by atoms with Crippen molar-refractivity contribution < 1.29 is 0 Å². The van der Waals surface area contributed by atoms with Crippen molar-refractivity contribution in [3.8, 4) is 0 Å². The van der Waals surface area contributed by atoms with Crippen LogP contribution in [0.3, 0.4) is 0 Å². The molecule has 16 heavy (non-hydrogen) atoms. The fourth-order valence-corrected chi connectivity index (χ4v) is 3.75. The molecule has 2 nitrogen and oxygen atoms in total. The molecule has 86 valence electrons. The van der Waals surface area contributed by atoms with Crippen molar-refractivity contribution >= 4 is 21.5 Å². The monoisotopic (exact) mass is 280 g/mol. The van der Waals surface area contributed by atoms with Crippen LogP contribution in [0.2, 0.25) is 0 Å². The highest BCUT2D eigenvalue weighted by molar-refractivity contribution is 9.10. The highest BCUT2D eigenvalue weighted by atomic mass is 79.9. The van der Waals surface area contributed by atoms with Crippen molar-refractivity contribution in [2.75, 3.05) is 7.05 Å². The summed E-state index contributed by atoms with van der Waals surface area (Å²) in [6.45, 7) is 0. The first-order valence-electron chi connectivity index (χ1n) is 5.90. The van der Waals surface area contributed by atoms with Gasteiger partial charge in [0.05, 0.1) is 5.69 Å². The quantitative estimate of drug-likeness (QED) is 0.768. The van der Waals surface area contributed by atoms with Gasteiger partial charge in [0.1, 0.15) is 0 Å². The van der Waals surface area contributed by atoms with Crippen LogP contribution in [0.25, 0.3) is 5.57 Å². The smallest absolute Gasteiger partial charge is 0.0578 e. The summed E-state index contributed by atoms with van der Waals surface area (Å²) in [7, 11) is 4.39. The molecule has 0 radical (unpaired) electrons. The van der Waals surface area contributed by atoms with Gasteiger partial charge < -0.3 is 4.57 Å². The summed E-state index contributed by atoms with van der Waals surface area (Å²) >= 11 is 3.65. The van der Waals surface area contributed by atoms with Crippen LogP contribution in [0.1, 0.15) is 25.0 Å². The highest BCUT2D eigenvalue weighted by Crippen LogP contribution is 2.39. The van der Waals surface area contributed by atoms with Crippen molar-refractivity contribution in [3.63, 3.8) is 0 Å². The first kappa shape index (κ1) is 10.6. The zero-order valence-corrected chi connectivity index (χ0v) is 11.4. The van der Waals surface area contributed by atoms with Crippen LogP contribution >= 0.6 is 15.9 Å². The molecular formula is C13H17BrN2.